The number of carbonyl (C=O) groups is 1. The molecule has 6 heteroatoms. The monoisotopic (exact) mass is 397 g/mol. The Hall–Kier alpha value is -2.05. The van der Waals surface area contributed by atoms with Gasteiger partial charge in [0.1, 0.15) is 0 Å². The summed E-state index contributed by atoms with van der Waals surface area (Å²) in [6.45, 7) is 5.24. The third kappa shape index (κ3) is 4.50. The smallest absolute Gasteiger partial charge is 0.321 e. The highest BCUT2D eigenvalue weighted by Crippen LogP contribution is 2.39. The van der Waals surface area contributed by atoms with Gasteiger partial charge >= 0.3 is 6.03 Å². The van der Waals surface area contributed by atoms with Crippen molar-refractivity contribution in [2.24, 2.45) is 0 Å². The van der Waals surface area contributed by atoms with E-state index in [2.05, 4.69) is 28.5 Å². The molecule has 4 rings (SSSR count). The summed E-state index contributed by atoms with van der Waals surface area (Å²) in [7, 11) is 0. The van der Waals surface area contributed by atoms with Gasteiger partial charge in [-0.3, -0.25) is 4.98 Å². The number of amides is 2. The van der Waals surface area contributed by atoms with E-state index < -0.39 is 0 Å². The molecule has 0 saturated carbocycles. The van der Waals surface area contributed by atoms with Gasteiger partial charge in [0.2, 0.25) is 0 Å². The first-order chi connectivity index (χ1) is 13.6. The van der Waals surface area contributed by atoms with Gasteiger partial charge in [-0.05, 0) is 49.1 Å². The molecule has 2 aromatic rings. The van der Waals surface area contributed by atoms with E-state index in [9.17, 15) is 4.79 Å². The van der Waals surface area contributed by atoms with Gasteiger partial charge in [-0.1, -0.05) is 18.2 Å². The fourth-order valence-electron chi connectivity index (χ4n) is 3.88. The molecular formula is C22H27N3O2S. The molecule has 2 aliphatic rings. The molecule has 0 unspecified atom stereocenters. The number of thioether (sulfide) groups is 1. The molecule has 0 bridgehead atoms. The molecule has 0 aliphatic carbocycles. The van der Waals surface area contributed by atoms with Gasteiger partial charge in [0, 0.05) is 60.8 Å². The Balaban J connectivity index is 1.44. The standard InChI is InChI=1S/C22H27N3O2S/c1-17-5-6-18(14-19-4-2-3-9-23-19)15-20(17)24-21(26)25-10-13-28-22(16-25)7-11-27-12-8-22/h2-6,9,15H,7-8,10-14,16H2,1H3,(H,24,26). The van der Waals surface area contributed by atoms with E-state index in [4.69, 9.17) is 4.74 Å². The molecule has 28 heavy (non-hydrogen) atoms. The van der Waals surface area contributed by atoms with E-state index in [-0.39, 0.29) is 10.8 Å². The summed E-state index contributed by atoms with van der Waals surface area (Å²) in [5.41, 5.74) is 4.14. The maximum atomic E-state index is 13.0. The Morgan fingerprint density at radius 1 is 1.29 bits per heavy atom. The number of rotatable bonds is 3. The average Bonchev–Trinajstić information content (AvgIpc) is 2.72. The minimum absolute atomic E-state index is 0.00394. The summed E-state index contributed by atoms with van der Waals surface area (Å²) in [5, 5.41) is 3.15. The minimum atomic E-state index is 0.00394. The number of anilines is 1. The van der Waals surface area contributed by atoms with Gasteiger partial charge in [0.25, 0.3) is 0 Å². The summed E-state index contributed by atoms with van der Waals surface area (Å²) < 4.78 is 5.70. The fourth-order valence-corrected chi connectivity index (χ4v) is 5.33. The lowest BCUT2D eigenvalue weighted by Gasteiger charge is -2.44. The first-order valence-electron chi connectivity index (χ1n) is 9.91. The molecule has 1 N–H and O–H groups in total. The van der Waals surface area contributed by atoms with Gasteiger partial charge in [-0.2, -0.15) is 11.8 Å². The molecule has 1 spiro atoms. The Morgan fingerprint density at radius 2 is 2.14 bits per heavy atom. The second kappa shape index (κ2) is 8.53. The molecule has 2 fully saturated rings. The largest absolute Gasteiger partial charge is 0.381 e. The van der Waals surface area contributed by atoms with Crippen molar-refractivity contribution in [3.05, 3.63) is 59.4 Å². The molecule has 1 aromatic carbocycles. The Kier molecular flexibility index (Phi) is 5.87. The Labute approximate surface area is 170 Å². The number of carbonyl (C=O) groups excluding carboxylic acids is 1. The molecule has 2 saturated heterocycles. The van der Waals surface area contributed by atoms with Gasteiger partial charge in [-0.25, -0.2) is 4.79 Å². The number of aryl methyl sites for hydroxylation is 1. The minimum Gasteiger partial charge on any atom is -0.381 e. The van der Waals surface area contributed by atoms with Crippen LogP contribution in [0.4, 0.5) is 10.5 Å². The van der Waals surface area contributed by atoms with E-state index in [1.807, 2.05) is 48.0 Å². The van der Waals surface area contributed by atoms with E-state index in [0.717, 1.165) is 73.8 Å². The molecule has 148 valence electrons. The summed E-state index contributed by atoms with van der Waals surface area (Å²) in [6.07, 6.45) is 4.63. The normalized spacial score (nSPS) is 18.8. The lowest BCUT2D eigenvalue weighted by atomic mass is 9.98. The van der Waals surface area contributed by atoms with Crippen LogP contribution in [-0.2, 0) is 11.2 Å². The van der Waals surface area contributed by atoms with Crippen molar-refractivity contribution < 1.29 is 9.53 Å². The zero-order chi connectivity index (χ0) is 19.4. The molecule has 3 heterocycles. The van der Waals surface area contributed by atoms with Crippen LogP contribution in [0.15, 0.2) is 42.6 Å². The number of ether oxygens (including phenoxy) is 1. The molecular weight excluding hydrogens is 370 g/mol. The first kappa shape index (κ1) is 19.3. The fraction of sp³-hybridized carbons (Fsp3) is 0.455. The van der Waals surface area contributed by atoms with Gasteiger partial charge < -0.3 is 15.0 Å². The highest BCUT2D eigenvalue weighted by Gasteiger charge is 2.39. The quantitative estimate of drug-likeness (QED) is 0.847. The maximum Gasteiger partial charge on any atom is 0.321 e. The molecule has 0 atom stereocenters. The van der Waals surface area contributed by atoms with Gasteiger partial charge in [0.15, 0.2) is 0 Å². The van der Waals surface area contributed by atoms with E-state index in [1.165, 1.54) is 0 Å². The number of nitrogens with one attached hydrogen (secondary N) is 1. The summed E-state index contributed by atoms with van der Waals surface area (Å²) in [6, 6.07) is 12.2. The molecule has 1 aromatic heterocycles. The number of benzene rings is 1. The highest BCUT2D eigenvalue weighted by atomic mass is 32.2. The van der Waals surface area contributed by atoms with Crippen molar-refractivity contribution in [2.45, 2.75) is 30.9 Å². The number of aromatic nitrogens is 1. The van der Waals surface area contributed by atoms with Crippen LogP contribution in [0.25, 0.3) is 0 Å². The van der Waals surface area contributed by atoms with Crippen LogP contribution >= 0.6 is 11.8 Å². The van der Waals surface area contributed by atoms with Crippen molar-refractivity contribution in [3.8, 4) is 0 Å². The topological polar surface area (TPSA) is 54.5 Å². The Morgan fingerprint density at radius 3 is 2.93 bits per heavy atom. The molecule has 0 radical (unpaired) electrons. The van der Waals surface area contributed by atoms with Gasteiger partial charge in [-0.15, -0.1) is 0 Å². The second-order valence-corrected chi connectivity index (χ2v) is 9.21. The van der Waals surface area contributed by atoms with Crippen LogP contribution < -0.4 is 5.32 Å². The predicted octanol–water partition coefficient (Wildman–Crippen LogP) is 4.11. The maximum absolute atomic E-state index is 13.0. The first-order valence-corrected chi connectivity index (χ1v) is 10.9. The van der Waals surface area contributed by atoms with E-state index >= 15 is 0 Å². The zero-order valence-corrected chi connectivity index (χ0v) is 17.1. The van der Waals surface area contributed by atoms with Crippen LogP contribution in [0.5, 0.6) is 0 Å². The van der Waals surface area contributed by atoms with E-state index in [1.54, 1.807) is 0 Å². The molecule has 2 amide bonds. The Bertz CT molecular complexity index is 816. The van der Waals surface area contributed by atoms with Crippen LogP contribution in [0.2, 0.25) is 0 Å². The number of pyridine rings is 1. The van der Waals surface area contributed by atoms with Crippen molar-refractivity contribution in [2.75, 3.05) is 37.4 Å². The number of urea groups is 1. The van der Waals surface area contributed by atoms with Crippen LogP contribution in [0.1, 0.15) is 29.7 Å². The zero-order valence-electron chi connectivity index (χ0n) is 16.3. The van der Waals surface area contributed by atoms with Gasteiger partial charge in [0.05, 0.1) is 0 Å². The second-order valence-electron chi connectivity index (χ2n) is 7.64. The molecule has 5 nitrogen and oxygen atoms in total. The van der Waals surface area contributed by atoms with E-state index in [0.29, 0.717) is 0 Å². The number of hydrogen-bond acceptors (Lipinski definition) is 4. The number of hydrogen-bond donors (Lipinski definition) is 1. The van der Waals surface area contributed by atoms with Crippen molar-refractivity contribution in [1.82, 2.24) is 9.88 Å². The summed E-state index contributed by atoms with van der Waals surface area (Å²) >= 11 is 2.01. The summed E-state index contributed by atoms with van der Waals surface area (Å²) in [5.74, 6) is 0.992. The van der Waals surface area contributed by atoms with Crippen molar-refractivity contribution in [3.63, 3.8) is 0 Å². The van der Waals surface area contributed by atoms with Crippen LogP contribution in [-0.4, -0.2) is 52.7 Å². The number of nitrogens with zero attached hydrogens (tertiary/aromatic N) is 2. The molecule has 2 aliphatic heterocycles. The lowest BCUT2D eigenvalue weighted by molar-refractivity contribution is 0.0678. The highest BCUT2D eigenvalue weighted by molar-refractivity contribution is 8.00. The SMILES string of the molecule is Cc1ccc(Cc2ccccn2)cc1NC(=O)N1CCSC2(CCOCC2)C1. The van der Waals surface area contributed by atoms with Crippen LogP contribution in [0, 0.1) is 6.92 Å². The van der Waals surface area contributed by atoms with Crippen molar-refractivity contribution >= 4 is 23.5 Å². The lowest BCUT2D eigenvalue weighted by Crippen LogP contribution is -2.52. The average molecular weight is 398 g/mol. The summed E-state index contributed by atoms with van der Waals surface area (Å²) in [4.78, 5) is 19.4. The predicted molar refractivity (Wildman–Crippen MR) is 114 cm³/mol. The third-order valence-electron chi connectivity index (χ3n) is 5.59. The van der Waals surface area contributed by atoms with Crippen molar-refractivity contribution in [1.29, 1.82) is 0 Å². The third-order valence-corrected chi connectivity index (χ3v) is 7.13. The van der Waals surface area contributed by atoms with Crippen LogP contribution in [0.3, 0.4) is 0 Å².